The molecular weight excluding hydrogens is 407 g/mol. The van der Waals surface area contributed by atoms with Gasteiger partial charge in [0.15, 0.2) is 0 Å². The Labute approximate surface area is 175 Å². The molecule has 30 heavy (non-hydrogen) atoms. The normalized spacial score (nSPS) is 15.5. The van der Waals surface area contributed by atoms with Gasteiger partial charge in [-0.05, 0) is 45.0 Å². The first-order valence-corrected chi connectivity index (χ1v) is 11.1. The van der Waals surface area contributed by atoms with Crippen LogP contribution in [0, 0.1) is 26.6 Å². The molecule has 0 radical (unpaired) electrons. The molecule has 0 atom stereocenters. The van der Waals surface area contributed by atoms with Crippen LogP contribution in [0.15, 0.2) is 41.6 Å². The first-order valence-electron chi connectivity index (χ1n) is 9.63. The molecular formula is C20H23FN6O2S. The van der Waals surface area contributed by atoms with E-state index in [1.165, 1.54) is 16.4 Å². The second kappa shape index (κ2) is 7.77. The monoisotopic (exact) mass is 430 g/mol. The third-order valence-electron chi connectivity index (χ3n) is 5.32. The van der Waals surface area contributed by atoms with Gasteiger partial charge >= 0.3 is 0 Å². The largest absolute Gasteiger partial charge is 0.354 e. The Morgan fingerprint density at radius 2 is 1.57 bits per heavy atom. The van der Waals surface area contributed by atoms with Gasteiger partial charge in [-0.2, -0.15) is 4.31 Å². The Kier molecular flexibility index (Phi) is 5.29. The van der Waals surface area contributed by atoms with Crippen LogP contribution in [0.1, 0.15) is 17.2 Å². The summed E-state index contributed by atoms with van der Waals surface area (Å²) in [5.41, 5.74) is 1.95. The van der Waals surface area contributed by atoms with Crippen molar-refractivity contribution in [3.63, 3.8) is 0 Å². The van der Waals surface area contributed by atoms with Crippen molar-refractivity contribution in [1.82, 2.24) is 23.8 Å². The van der Waals surface area contributed by atoms with E-state index in [-0.39, 0.29) is 4.90 Å². The minimum atomic E-state index is -3.65. The molecule has 1 saturated heterocycles. The van der Waals surface area contributed by atoms with Crippen molar-refractivity contribution in [2.75, 3.05) is 31.1 Å². The van der Waals surface area contributed by atoms with E-state index in [1.54, 1.807) is 6.33 Å². The number of aryl methyl sites for hydroxylation is 2. The highest BCUT2D eigenvalue weighted by molar-refractivity contribution is 7.89. The molecule has 10 heteroatoms. The number of sulfonamides is 1. The fraction of sp³-hybridized carbons (Fsp3) is 0.350. The Hall–Kier alpha value is -2.85. The van der Waals surface area contributed by atoms with E-state index in [0.717, 1.165) is 35.2 Å². The van der Waals surface area contributed by atoms with Crippen molar-refractivity contribution in [2.24, 2.45) is 0 Å². The third-order valence-corrected chi connectivity index (χ3v) is 7.24. The average Bonchev–Trinajstić information content (AvgIpc) is 3.06. The lowest BCUT2D eigenvalue weighted by Crippen LogP contribution is -2.49. The second-order valence-corrected chi connectivity index (χ2v) is 9.20. The number of imidazole rings is 1. The summed E-state index contributed by atoms with van der Waals surface area (Å²) < 4.78 is 42.1. The van der Waals surface area contributed by atoms with Crippen molar-refractivity contribution in [1.29, 1.82) is 0 Å². The van der Waals surface area contributed by atoms with Gasteiger partial charge in [0.25, 0.3) is 0 Å². The third kappa shape index (κ3) is 3.80. The van der Waals surface area contributed by atoms with Crippen molar-refractivity contribution in [3.05, 3.63) is 59.7 Å². The summed E-state index contributed by atoms with van der Waals surface area (Å²) in [6.07, 6.45) is 1.74. The van der Waals surface area contributed by atoms with E-state index in [1.807, 2.05) is 36.3 Å². The topological polar surface area (TPSA) is 84.2 Å². The van der Waals surface area contributed by atoms with Gasteiger partial charge in [-0.25, -0.2) is 27.8 Å². The molecule has 0 bridgehead atoms. The second-order valence-electron chi connectivity index (χ2n) is 7.26. The summed E-state index contributed by atoms with van der Waals surface area (Å²) >= 11 is 0. The molecule has 4 rings (SSSR count). The van der Waals surface area contributed by atoms with Crippen LogP contribution >= 0.6 is 0 Å². The predicted molar refractivity (Wildman–Crippen MR) is 111 cm³/mol. The number of aromatic nitrogens is 4. The first-order chi connectivity index (χ1) is 14.3. The van der Waals surface area contributed by atoms with Crippen molar-refractivity contribution in [2.45, 2.75) is 25.7 Å². The number of hydrogen-bond acceptors (Lipinski definition) is 6. The smallest absolute Gasteiger partial charge is 0.243 e. The molecule has 1 aliphatic heterocycles. The Bertz CT molecular complexity index is 1170. The number of anilines is 1. The summed E-state index contributed by atoms with van der Waals surface area (Å²) in [6.45, 7) is 7.40. The van der Waals surface area contributed by atoms with Gasteiger partial charge in [-0.3, -0.25) is 4.57 Å². The molecule has 3 heterocycles. The predicted octanol–water partition coefficient (Wildman–Crippen LogP) is 2.24. The summed E-state index contributed by atoms with van der Waals surface area (Å²) in [4.78, 5) is 15.5. The molecule has 1 aromatic carbocycles. The van der Waals surface area contributed by atoms with Gasteiger partial charge in [-0.15, -0.1) is 0 Å². The van der Waals surface area contributed by atoms with Gasteiger partial charge in [0.05, 0.1) is 10.6 Å². The molecule has 0 saturated carbocycles. The molecule has 0 spiro atoms. The maximum Gasteiger partial charge on any atom is 0.243 e. The lowest BCUT2D eigenvalue weighted by molar-refractivity contribution is 0.383. The van der Waals surface area contributed by atoms with Crippen LogP contribution < -0.4 is 4.90 Å². The summed E-state index contributed by atoms with van der Waals surface area (Å²) in [7, 11) is -3.65. The Morgan fingerprint density at radius 1 is 0.933 bits per heavy atom. The summed E-state index contributed by atoms with van der Waals surface area (Å²) in [5.74, 6) is 1.66. The van der Waals surface area contributed by atoms with Gasteiger partial charge in [0.1, 0.15) is 29.6 Å². The minimum Gasteiger partial charge on any atom is -0.354 e. The van der Waals surface area contributed by atoms with Crippen LogP contribution in [0.3, 0.4) is 0 Å². The maximum atomic E-state index is 13.1. The van der Waals surface area contributed by atoms with Crippen molar-refractivity contribution >= 4 is 15.8 Å². The molecule has 2 aromatic heterocycles. The average molecular weight is 431 g/mol. The van der Waals surface area contributed by atoms with E-state index in [2.05, 4.69) is 15.0 Å². The van der Waals surface area contributed by atoms with Gasteiger partial charge in [0.2, 0.25) is 10.0 Å². The van der Waals surface area contributed by atoms with E-state index in [4.69, 9.17) is 0 Å². The molecule has 1 fully saturated rings. The number of nitrogens with zero attached hydrogens (tertiary/aromatic N) is 6. The van der Waals surface area contributed by atoms with E-state index in [0.29, 0.717) is 32.0 Å². The highest BCUT2D eigenvalue weighted by Gasteiger charge is 2.29. The lowest BCUT2D eigenvalue weighted by atomic mass is 10.3. The molecule has 158 valence electrons. The fourth-order valence-corrected chi connectivity index (χ4v) is 4.89. The van der Waals surface area contributed by atoms with Crippen LogP contribution in [0.5, 0.6) is 0 Å². The zero-order valence-corrected chi connectivity index (χ0v) is 17.9. The zero-order chi connectivity index (χ0) is 21.5. The fourth-order valence-electron chi connectivity index (χ4n) is 3.46. The molecule has 0 amide bonds. The molecule has 0 unspecified atom stereocenters. The van der Waals surface area contributed by atoms with Crippen LogP contribution in [-0.2, 0) is 10.0 Å². The van der Waals surface area contributed by atoms with Crippen molar-refractivity contribution < 1.29 is 12.8 Å². The van der Waals surface area contributed by atoms with Gasteiger partial charge in [0, 0.05) is 37.9 Å². The number of halogens is 1. The molecule has 8 nitrogen and oxygen atoms in total. The van der Waals surface area contributed by atoms with Crippen LogP contribution in [-0.4, -0.2) is 58.4 Å². The number of hydrogen-bond donors (Lipinski definition) is 0. The van der Waals surface area contributed by atoms with Gasteiger partial charge in [-0.1, -0.05) is 0 Å². The molecule has 0 aliphatic carbocycles. The molecule has 0 N–H and O–H groups in total. The standard InChI is InChI=1S/C20H23FN6O2S/c1-14-15(2)27(13-22-14)20-12-19(23-16(3)24-20)25-8-10-26(11-9-25)30(28,29)18-6-4-17(21)5-7-18/h4-7,12-13H,8-11H2,1-3H3. The Balaban J connectivity index is 1.53. The van der Waals surface area contributed by atoms with E-state index >= 15 is 0 Å². The van der Waals surface area contributed by atoms with Gasteiger partial charge < -0.3 is 4.90 Å². The van der Waals surface area contributed by atoms with E-state index in [9.17, 15) is 12.8 Å². The summed E-state index contributed by atoms with van der Waals surface area (Å²) in [6, 6.07) is 6.81. The van der Waals surface area contributed by atoms with Crippen LogP contribution in [0.4, 0.5) is 10.2 Å². The molecule has 3 aromatic rings. The summed E-state index contributed by atoms with van der Waals surface area (Å²) in [5, 5.41) is 0. The SMILES string of the molecule is Cc1nc(N2CCN(S(=O)(=O)c3ccc(F)cc3)CC2)cc(-n2cnc(C)c2C)n1. The molecule has 1 aliphatic rings. The highest BCUT2D eigenvalue weighted by Crippen LogP contribution is 2.22. The van der Waals surface area contributed by atoms with Crippen LogP contribution in [0.2, 0.25) is 0 Å². The van der Waals surface area contributed by atoms with Crippen molar-refractivity contribution in [3.8, 4) is 5.82 Å². The first kappa shape index (κ1) is 20.4. The highest BCUT2D eigenvalue weighted by atomic mass is 32.2. The minimum absolute atomic E-state index is 0.100. The van der Waals surface area contributed by atoms with E-state index < -0.39 is 15.8 Å². The maximum absolute atomic E-state index is 13.1. The zero-order valence-electron chi connectivity index (χ0n) is 17.1. The Morgan fingerprint density at radius 3 is 2.17 bits per heavy atom. The lowest BCUT2D eigenvalue weighted by Gasteiger charge is -2.34. The quantitative estimate of drug-likeness (QED) is 0.631. The number of piperazine rings is 1. The van der Waals surface area contributed by atoms with Crippen LogP contribution in [0.25, 0.3) is 5.82 Å². The number of rotatable bonds is 4. The number of benzene rings is 1.